The molecule has 1 N–H and O–H groups in total. The van der Waals surface area contributed by atoms with E-state index in [9.17, 15) is 8.42 Å². The van der Waals surface area contributed by atoms with Gasteiger partial charge >= 0.3 is 0 Å². The van der Waals surface area contributed by atoms with Crippen LogP contribution in [0.1, 0.15) is 33.1 Å². The SMILES string of the molecule is CCNCCCS(=O)(=O)N(CC)CC1CCCO1. The van der Waals surface area contributed by atoms with Crippen molar-refractivity contribution >= 4 is 10.0 Å². The Morgan fingerprint density at radius 3 is 2.72 bits per heavy atom. The lowest BCUT2D eigenvalue weighted by Crippen LogP contribution is -2.39. The number of likely N-dealkylation sites (N-methyl/N-ethyl adjacent to an activating group) is 1. The first-order chi connectivity index (χ1) is 8.60. The van der Waals surface area contributed by atoms with Crippen LogP contribution in [0.2, 0.25) is 0 Å². The van der Waals surface area contributed by atoms with Gasteiger partial charge in [0, 0.05) is 19.7 Å². The molecule has 0 spiro atoms. The highest BCUT2D eigenvalue weighted by molar-refractivity contribution is 7.89. The summed E-state index contributed by atoms with van der Waals surface area (Å²) >= 11 is 0. The predicted molar refractivity (Wildman–Crippen MR) is 73.2 cm³/mol. The molecule has 0 aromatic heterocycles. The van der Waals surface area contributed by atoms with Crippen LogP contribution in [-0.2, 0) is 14.8 Å². The summed E-state index contributed by atoms with van der Waals surface area (Å²) in [5, 5.41) is 3.14. The van der Waals surface area contributed by atoms with Crippen molar-refractivity contribution in [2.45, 2.75) is 39.2 Å². The standard InChI is InChI=1S/C12H26N2O3S/c1-3-13-8-6-10-18(15,16)14(4-2)11-12-7-5-9-17-12/h12-13H,3-11H2,1-2H3. The van der Waals surface area contributed by atoms with Crippen LogP contribution >= 0.6 is 0 Å². The Kier molecular flexibility index (Phi) is 7.14. The second kappa shape index (κ2) is 8.09. The lowest BCUT2D eigenvalue weighted by Gasteiger charge is -2.23. The smallest absolute Gasteiger partial charge is 0.214 e. The van der Waals surface area contributed by atoms with Crippen LogP contribution in [0.15, 0.2) is 0 Å². The van der Waals surface area contributed by atoms with E-state index in [1.54, 1.807) is 4.31 Å². The summed E-state index contributed by atoms with van der Waals surface area (Å²) in [6, 6.07) is 0. The van der Waals surface area contributed by atoms with Crippen LogP contribution in [0, 0.1) is 0 Å². The fourth-order valence-electron chi connectivity index (χ4n) is 2.14. The summed E-state index contributed by atoms with van der Waals surface area (Å²) in [6.07, 6.45) is 2.78. The van der Waals surface area contributed by atoms with E-state index in [2.05, 4.69) is 5.32 Å². The molecule has 1 unspecified atom stereocenters. The summed E-state index contributed by atoms with van der Waals surface area (Å²) in [5.41, 5.74) is 0. The molecular weight excluding hydrogens is 252 g/mol. The summed E-state index contributed by atoms with van der Waals surface area (Å²) in [7, 11) is -3.13. The first kappa shape index (κ1) is 15.9. The average molecular weight is 278 g/mol. The van der Waals surface area contributed by atoms with Crippen molar-refractivity contribution in [1.82, 2.24) is 9.62 Å². The fourth-order valence-corrected chi connectivity index (χ4v) is 3.69. The van der Waals surface area contributed by atoms with Gasteiger partial charge in [0.25, 0.3) is 0 Å². The van der Waals surface area contributed by atoms with Gasteiger partial charge in [0.2, 0.25) is 10.0 Å². The maximum atomic E-state index is 12.2. The van der Waals surface area contributed by atoms with Crippen LogP contribution in [-0.4, -0.2) is 57.4 Å². The highest BCUT2D eigenvalue weighted by Gasteiger charge is 2.25. The summed E-state index contributed by atoms with van der Waals surface area (Å²) in [4.78, 5) is 0. The number of nitrogens with zero attached hydrogens (tertiary/aromatic N) is 1. The van der Waals surface area contributed by atoms with Gasteiger partial charge in [-0.2, -0.15) is 4.31 Å². The van der Waals surface area contributed by atoms with Gasteiger partial charge in [0.15, 0.2) is 0 Å². The number of hydrogen-bond donors (Lipinski definition) is 1. The van der Waals surface area contributed by atoms with Crippen LogP contribution < -0.4 is 5.32 Å². The van der Waals surface area contributed by atoms with Crippen molar-refractivity contribution in [2.75, 3.05) is 38.5 Å². The monoisotopic (exact) mass is 278 g/mol. The third-order valence-corrected chi connectivity index (χ3v) is 5.18. The zero-order chi connectivity index (χ0) is 13.4. The molecule has 0 amide bonds. The van der Waals surface area contributed by atoms with Gasteiger partial charge in [0.05, 0.1) is 11.9 Å². The Labute approximate surface area is 111 Å². The number of hydrogen-bond acceptors (Lipinski definition) is 4. The van der Waals surface area contributed by atoms with E-state index in [-0.39, 0.29) is 11.9 Å². The summed E-state index contributed by atoms with van der Waals surface area (Å²) in [5.74, 6) is 0.223. The van der Waals surface area contributed by atoms with Crippen molar-refractivity contribution in [3.63, 3.8) is 0 Å². The highest BCUT2D eigenvalue weighted by atomic mass is 32.2. The van der Waals surface area contributed by atoms with Crippen molar-refractivity contribution in [2.24, 2.45) is 0 Å². The van der Waals surface area contributed by atoms with Gasteiger partial charge in [-0.3, -0.25) is 0 Å². The van der Waals surface area contributed by atoms with Crippen molar-refractivity contribution in [1.29, 1.82) is 0 Å². The minimum atomic E-state index is -3.13. The Bertz CT molecular complexity index is 313. The van der Waals surface area contributed by atoms with Crippen molar-refractivity contribution < 1.29 is 13.2 Å². The molecule has 1 aliphatic heterocycles. The molecule has 0 saturated carbocycles. The van der Waals surface area contributed by atoms with E-state index < -0.39 is 10.0 Å². The van der Waals surface area contributed by atoms with Crippen LogP contribution in [0.25, 0.3) is 0 Å². The summed E-state index contributed by atoms with van der Waals surface area (Å²) < 4.78 is 31.4. The molecule has 1 saturated heterocycles. The Hall–Kier alpha value is -0.170. The van der Waals surface area contributed by atoms with Crippen molar-refractivity contribution in [3.8, 4) is 0 Å². The van der Waals surface area contributed by atoms with Gasteiger partial charge in [-0.25, -0.2) is 8.42 Å². The zero-order valence-corrected chi connectivity index (χ0v) is 12.3. The second-order valence-electron chi connectivity index (χ2n) is 4.61. The molecule has 108 valence electrons. The molecule has 1 aliphatic rings. The molecule has 1 fully saturated rings. The zero-order valence-electron chi connectivity index (χ0n) is 11.5. The van der Waals surface area contributed by atoms with Gasteiger partial charge in [-0.15, -0.1) is 0 Å². The van der Waals surface area contributed by atoms with Gasteiger partial charge in [-0.1, -0.05) is 13.8 Å². The van der Waals surface area contributed by atoms with E-state index in [0.29, 0.717) is 19.5 Å². The molecule has 0 aromatic carbocycles. The van der Waals surface area contributed by atoms with E-state index in [4.69, 9.17) is 4.74 Å². The van der Waals surface area contributed by atoms with Crippen LogP contribution in [0.4, 0.5) is 0 Å². The fraction of sp³-hybridized carbons (Fsp3) is 1.00. The molecule has 0 bridgehead atoms. The molecule has 0 aromatic rings. The Morgan fingerprint density at radius 2 is 2.17 bits per heavy atom. The molecular formula is C12H26N2O3S. The molecule has 6 heteroatoms. The molecule has 1 heterocycles. The van der Waals surface area contributed by atoms with Gasteiger partial charge in [0.1, 0.15) is 0 Å². The summed E-state index contributed by atoms with van der Waals surface area (Å²) in [6.45, 7) is 7.36. The van der Waals surface area contributed by atoms with Gasteiger partial charge in [-0.05, 0) is 32.4 Å². The first-order valence-corrected chi connectivity index (χ1v) is 8.51. The lowest BCUT2D eigenvalue weighted by molar-refractivity contribution is 0.0947. The number of ether oxygens (including phenoxy) is 1. The minimum absolute atomic E-state index is 0.0912. The Balaban J connectivity index is 2.40. The topological polar surface area (TPSA) is 58.6 Å². The molecule has 1 rings (SSSR count). The molecule has 5 nitrogen and oxygen atoms in total. The van der Waals surface area contributed by atoms with E-state index in [1.807, 2.05) is 13.8 Å². The lowest BCUT2D eigenvalue weighted by atomic mass is 10.2. The third kappa shape index (κ3) is 5.22. The minimum Gasteiger partial charge on any atom is -0.377 e. The maximum absolute atomic E-state index is 12.2. The van der Waals surface area contributed by atoms with Crippen molar-refractivity contribution in [3.05, 3.63) is 0 Å². The maximum Gasteiger partial charge on any atom is 0.214 e. The quantitative estimate of drug-likeness (QED) is 0.634. The number of sulfonamides is 1. The number of nitrogens with one attached hydrogen (secondary N) is 1. The van der Waals surface area contributed by atoms with E-state index >= 15 is 0 Å². The highest BCUT2D eigenvalue weighted by Crippen LogP contribution is 2.15. The average Bonchev–Trinajstić information content (AvgIpc) is 2.84. The van der Waals surface area contributed by atoms with Gasteiger partial charge < -0.3 is 10.1 Å². The van der Waals surface area contributed by atoms with Crippen LogP contribution in [0.5, 0.6) is 0 Å². The number of rotatable bonds is 9. The molecule has 0 radical (unpaired) electrons. The van der Waals surface area contributed by atoms with E-state index in [1.165, 1.54) is 0 Å². The Morgan fingerprint density at radius 1 is 1.39 bits per heavy atom. The van der Waals surface area contributed by atoms with E-state index in [0.717, 1.165) is 32.5 Å². The normalized spacial score (nSPS) is 20.7. The van der Waals surface area contributed by atoms with Crippen LogP contribution in [0.3, 0.4) is 0 Å². The first-order valence-electron chi connectivity index (χ1n) is 6.90. The largest absolute Gasteiger partial charge is 0.377 e. The second-order valence-corrected chi connectivity index (χ2v) is 6.70. The molecule has 1 atom stereocenters. The molecule has 0 aliphatic carbocycles. The third-order valence-electron chi connectivity index (χ3n) is 3.18. The molecule has 18 heavy (non-hydrogen) atoms. The predicted octanol–water partition coefficient (Wildman–Crippen LogP) is 0.817.